The molecular weight excluding hydrogens is 657 g/mol. The second-order valence-corrected chi connectivity index (χ2v) is 12.8. The second-order valence-electron chi connectivity index (χ2n) is 12.8. The Balaban J connectivity index is 0.00000353. The van der Waals surface area contributed by atoms with Crippen molar-refractivity contribution in [3.05, 3.63) is 102 Å². The van der Waals surface area contributed by atoms with E-state index in [2.05, 4.69) is 113 Å². The number of pyridine rings is 1. The maximum Gasteiger partial charge on any atom is 2.00 e. The van der Waals surface area contributed by atoms with Crippen LogP contribution in [0.2, 0.25) is 0 Å². The maximum absolute atomic E-state index is 5.24. The fraction of sp³-hybridized carbons (Fsp3) is 0.400. The molecule has 39 heavy (non-hydrogen) atoms. The molecule has 2 aromatic carbocycles. The Hall–Kier alpha value is -2.64. The van der Waals surface area contributed by atoms with Crippen LogP contribution in [0.5, 0.6) is 0 Å². The Bertz CT molecular complexity index is 1280. The van der Waals surface area contributed by atoms with Gasteiger partial charge in [0.25, 0.3) is 0 Å². The van der Waals surface area contributed by atoms with Crippen molar-refractivity contribution in [2.45, 2.75) is 89.9 Å². The number of aromatic nitrogens is 3. The summed E-state index contributed by atoms with van der Waals surface area (Å²) in [5.41, 5.74) is 8.43. The molecule has 0 spiro atoms. The standard InChI is InChI=1S/C35H39N3.Pt/c1-33(2,3)27-17-13-25(14-18-27)29-11-10-12-31(37-29)35(21-8-7-9-22-35)32-24-36-23-30(38-32)26-15-19-28(20-16-26)34(4,5)6;/h10-13,15,17-20,23-24H,7-9,21-22H2,1-6H3;/q-2;+2. The molecule has 0 amide bonds. The molecule has 0 bridgehead atoms. The molecule has 1 saturated carbocycles. The van der Waals surface area contributed by atoms with Gasteiger partial charge in [0.1, 0.15) is 0 Å². The van der Waals surface area contributed by atoms with Crippen molar-refractivity contribution in [1.82, 2.24) is 15.0 Å². The van der Waals surface area contributed by atoms with Crippen molar-refractivity contribution in [2.75, 3.05) is 0 Å². The molecule has 0 atom stereocenters. The first kappa shape index (κ1) is 29.3. The first-order chi connectivity index (χ1) is 18.1. The van der Waals surface area contributed by atoms with Crippen molar-refractivity contribution < 1.29 is 21.1 Å². The molecule has 4 heteroatoms. The van der Waals surface area contributed by atoms with Crippen LogP contribution in [0.3, 0.4) is 0 Å². The Labute approximate surface area is 249 Å². The summed E-state index contributed by atoms with van der Waals surface area (Å²) in [5.74, 6) is 0. The monoisotopic (exact) mass is 696 g/mol. The number of rotatable bonds is 4. The molecule has 0 radical (unpaired) electrons. The maximum atomic E-state index is 5.24. The molecule has 0 unspecified atom stereocenters. The molecule has 0 aliphatic heterocycles. The zero-order chi connectivity index (χ0) is 27.0. The van der Waals surface area contributed by atoms with Crippen molar-refractivity contribution in [3.8, 4) is 22.5 Å². The smallest absolute Gasteiger partial charge is 0.300 e. The van der Waals surface area contributed by atoms with Gasteiger partial charge in [-0.3, -0.25) is 9.97 Å². The van der Waals surface area contributed by atoms with Gasteiger partial charge in [-0.25, -0.2) is 0 Å². The van der Waals surface area contributed by atoms with Crippen molar-refractivity contribution >= 4 is 0 Å². The second kappa shape index (κ2) is 11.5. The summed E-state index contributed by atoms with van der Waals surface area (Å²) in [5, 5.41) is 0. The van der Waals surface area contributed by atoms with Crippen LogP contribution in [0.25, 0.3) is 22.5 Å². The van der Waals surface area contributed by atoms with Gasteiger partial charge in [-0.05, 0) is 35.4 Å². The SMILES string of the molecule is CC(C)(C)c1c[c-]c(-c2cccc(C3(c4cncc(-c5[c-]cc(C(C)(C)C)cc5)n4)CCCCC3)n2)cc1.[Pt+2]. The molecule has 1 aliphatic carbocycles. The normalized spacial score (nSPS) is 15.4. The summed E-state index contributed by atoms with van der Waals surface area (Å²) in [4.78, 5) is 15.1. The van der Waals surface area contributed by atoms with Gasteiger partial charge in [-0.1, -0.05) is 72.9 Å². The average molecular weight is 697 g/mol. The minimum Gasteiger partial charge on any atom is -0.300 e. The van der Waals surface area contributed by atoms with E-state index in [-0.39, 0.29) is 37.3 Å². The molecule has 0 N–H and O–H groups in total. The molecule has 2 heterocycles. The van der Waals surface area contributed by atoms with Gasteiger partial charge < -0.3 is 4.98 Å². The first-order valence-electron chi connectivity index (χ1n) is 13.9. The fourth-order valence-electron chi connectivity index (χ4n) is 5.48. The predicted octanol–water partition coefficient (Wildman–Crippen LogP) is 8.65. The van der Waals surface area contributed by atoms with E-state index in [4.69, 9.17) is 9.97 Å². The Morgan fingerprint density at radius 3 is 1.74 bits per heavy atom. The number of hydrogen-bond acceptors (Lipinski definition) is 3. The number of benzene rings is 2. The van der Waals surface area contributed by atoms with E-state index in [9.17, 15) is 0 Å². The van der Waals surface area contributed by atoms with Gasteiger partial charge in [-0.15, -0.1) is 70.8 Å². The summed E-state index contributed by atoms with van der Waals surface area (Å²) < 4.78 is 0. The molecule has 5 rings (SSSR count). The third-order valence-electron chi connectivity index (χ3n) is 7.98. The molecule has 1 fully saturated rings. The molecular formula is C35H39N3Pt. The third-order valence-corrected chi connectivity index (χ3v) is 7.98. The third kappa shape index (κ3) is 6.25. The van der Waals surface area contributed by atoms with Gasteiger partial charge >= 0.3 is 21.1 Å². The van der Waals surface area contributed by atoms with E-state index in [0.717, 1.165) is 59.6 Å². The van der Waals surface area contributed by atoms with Gasteiger partial charge in [0, 0.05) is 23.8 Å². The Morgan fingerprint density at radius 2 is 1.21 bits per heavy atom. The minimum absolute atomic E-state index is 0. The van der Waals surface area contributed by atoms with E-state index < -0.39 is 0 Å². The summed E-state index contributed by atoms with van der Waals surface area (Å²) >= 11 is 0. The van der Waals surface area contributed by atoms with Crippen LogP contribution in [-0.4, -0.2) is 15.0 Å². The van der Waals surface area contributed by atoms with Crippen molar-refractivity contribution in [1.29, 1.82) is 0 Å². The number of hydrogen-bond donors (Lipinski definition) is 0. The fourth-order valence-corrected chi connectivity index (χ4v) is 5.48. The van der Waals surface area contributed by atoms with E-state index in [1.54, 1.807) is 0 Å². The van der Waals surface area contributed by atoms with Crippen molar-refractivity contribution in [3.63, 3.8) is 0 Å². The zero-order valence-electron chi connectivity index (χ0n) is 24.0. The van der Waals surface area contributed by atoms with Crippen LogP contribution in [0.4, 0.5) is 0 Å². The van der Waals surface area contributed by atoms with E-state index >= 15 is 0 Å². The van der Waals surface area contributed by atoms with E-state index in [1.165, 1.54) is 17.5 Å². The summed E-state index contributed by atoms with van der Waals surface area (Å²) in [7, 11) is 0. The van der Waals surface area contributed by atoms with Gasteiger partial charge in [0.05, 0.1) is 11.1 Å². The minimum atomic E-state index is -0.242. The van der Waals surface area contributed by atoms with Crippen LogP contribution in [0.1, 0.15) is 96.2 Å². The summed E-state index contributed by atoms with van der Waals surface area (Å²) in [6.07, 6.45) is 9.45. The average Bonchev–Trinajstić information content (AvgIpc) is 2.93. The molecule has 1 aliphatic rings. The van der Waals surface area contributed by atoms with Crippen LogP contribution in [0.15, 0.2) is 67.0 Å². The quantitative estimate of drug-likeness (QED) is 0.201. The molecule has 2 aromatic heterocycles. The number of nitrogens with zero attached hydrogens (tertiary/aromatic N) is 3. The summed E-state index contributed by atoms with van der Waals surface area (Å²) in [6, 6.07) is 26.2. The molecule has 4 aromatic rings. The van der Waals surface area contributed by atoms with Gasteiger partial charge in [-0.2, -0.15) is 0 Å². The van der Waals surface area contributed by atoms with Crippen molar-refractivity contribution in [2.24, 2.45) is 0 Å². The van der Waals surface area contributed by atoms with Gasteiger partial charge in [0.15, 0.2) is 0 Å². The van der Waals surface area contributed by atoms with E-state index in [0.29, 0.717) is 0 Å². The summed E-state index contributed by atoms with van der Waals surface area (Å²) in [6.45, 7) is 13.4. The van der Waals surface area contributed by atoms with E-state index in [1.807, 2.05) is 12.4 Å². The molecule has 0 saturated heterocycles. The van der Waals surface area contributed by atoms with Gasteiger partial charge in [0.2, 0.25) is 0 Å². The van der Waals surface area contributed by atoms with Crippen LogP contribution < -0.4 is 0 Å². The molecule has 3 nitrogen and oxygen atoms in total. The van der Waals surface area contributed by atoms with Crippen LogP contribution >= 0.6 is 0 Å². The van der Waals surface area contributed by atoms with Crippen LogP contribution in [0, 0.1) is 12.1 Å². The molecule has 204 valence electrons. The Morgan fingerprint density at radius 1 is 0.641 bits per heavy atom. The Kier molecular flexibility index (Phi) is 8.62. The topological polar surface area (TPSA) is 38.7 Å². The predicted molar refractivity (Wildman–Crippen MR) is 156 cm³/mol. The van der Waals surface area contributed by atoms with Crippen LogP contribution in [-0.2, 0) is 37.3 Å². The largest absolute Gasteiger partial charge is 2.00 e. The zero-order valence-corrected chi connectivity index (χ0v) is 26.3. The first-order valence-corrected chi connectivity index (χ1v) is 13.9.